The lowest BCUT2D eigenvalue weighted by Crippen LogP contribution is -2.23. The van der Waals surface area contributed by atoms with Crippen LogP contribution in [0.1, 0.15) is 16.1 Å². The van der Waals surface area contributed by atoms with E-state index in [4.69, 9.17) is 16.0 Å². The van der Waals surface area contributed by atoms with E-state index >= 15 is 0 Å². The Kier molecular flexibility index (Phi) is 4.16. The van der Waals surface area contributed by atoms with Gasteiger partial charge < -0.3 is 9.73 Å². The minimum absolute atomic E-state index is 0.228. The number of benzene rings is 1. The number of hydrogen-bond donors (Lipinski definition) is 1. The molecule has 5 nitrogen and oxygen atoms in total. The fourth-order valence-corrected chi connectivity index (χ4v) is 2.20. The summed E-state index contributed by atoms with van der Waals surface area (Å²) in [6, 6.07) is 10.8. The Morgan fingerprint density at radius 2 is 2.18 bits per heavy atom. The second kappa shape index (κ2) is 6.41. The summed E-state index contributed by atoms with van der Waals surface area (Å²) < 4.78 is 5.34. The van der Waals surface area contributed by atoms with Crippen LogP contribution in [0, 0.1) is 0 Å². The first kappa shape index (κ1) is 14.3. The van der Waals surface area contributed by atoms with Crippen molar-refractivity contribution in [2.24, 2.45) is 0 Å². The van der Waals surface area contributed by atoms with Gasteiger partial charge in [-0.1, -0.05) is 29.8 Å². The molecular weight excluding hydrogens is 302 g/mol. The van der Waals surface area contributed by atoms with Gasteiger partial charge in [0, 0.05) is 29.5 Å². The van der Waals surface area contributed by atoms with E-state index in [1.807, 2.05) is 18.2 Å². The standard InChI is InChI=1S/C16H12ClN3O2/c17-13-5-1-4-12(7-13)15-14(20-10-22-15)16(21)19-9-11-3-2-6-18-8-11/h1-8,10H,9H2,(H,19,21). The number of pyridine rings is 1. The van der Waals surface area contributed by atoms with Gasteiger partial charge in [0.15, 0.2) is 17.8 Å². The molecule has 0 saturated heterocycles. The molecule has 0 saturated carbocycles. The molecule has 22 heavy (non-hydrogen) atoms. The predicted octanol–water partition coefficient (Wildman–Crippen LogP) is 3.32. The summed E-state index contributed by atoms with van der Waals surface area (Å²) in [5.74, 6) is 0.0822. The van der Waals surface area contributed by atoms with Crippen LogP contribution in [0.5, 0.6) is 0 Å². The molecule has 0 spiro atoms. The molecule has 6 heteroatoms. The Labute approximate surface area is 132 Å². The van der Waals surface area contributed by atoms with Crippen molar-refractivity contribution in [1.29, 1.82) is 0 Å². The van der Waals surface area contributed by atoms with E-state index in [1.54, 1.807) is 30.6 Å². The molecule has 1 aromatic carbocycles. The van der Waals surface area contributed by atoms with E-state index in [9.17, 15) is 4.79 Å². The van der Waals surface area contributed by atoms with Crippen LogP contribution < -0.4 is 5.32 Å². The molecule has 3 rings (SSSR count). The highest BCUT2D eigenvalue weighted by Gasteiger charge is 2.18. The molecule has 1 amide bonds. The summed E-state index contributed by atoms with van der Waals surface area (Å²) in [6.07, 6.45) is 4.62. The van der Waals surface area contributed by atoms with Crippen molar-refractivity contribution < 1.29 is 9.21 Å². The van der Waals surface area contributed by atoms with Crippen molar-refractivity contribution in [2.45, 2.75) is 6.54 Å². The highest BCUT2D eigenvalue weighted by atomic mass is 35.5. The van der Waals surface area contributed by atoms with E-state index in [2.05, 4.69) is 15.3 Å². The summed E-state index contributed by atoms with van der Waals surface area (Å²) in [6.45, 7) is 0.370. The maximum absolute atomic E-state index is 12.3. The van der Waals surface area contributed by atoms with E-state index < -0.39 is 0 Å². The van der Waals surface area contributed by atoms with Gasteiger partial charge in [0.2, 0.25) is 0 Å². The van der Waals surface area contributed by atoms with Crippen LogP contribution in [0.15, 0.2) is 59.6 Å². The molecule has 3 aromatic rings. The molecule has 0 fully saturated rings. The molecular formula is C16H12ClN3O2. The molecule has 0 aliphatic carbocycles. The number of nitrogens with zero attached hydrogens (tertiary/aromatic N) is 2. The summed E-state index contributed by atoms with van der Waals surface area (Å²) in [5.41, 5.74) is 1.84. The van der Waals surface area contributed by atoms with Gasteiger partial charge in [0.1, 0.15) is 0 Å². The largest absolute Gasteiger partial charge is 0.443 e. The lowest BCUT2D eigenvalue weighted by atomic mass is 10.1. The summed E-state index contributed by atoms with van der Waals surface area (Å²) in [7, 11) is 0. The van der Waals surface area contributed by atoms with E-state index in [0.29, 0.717) is 22.9 Å². The number of amides is 1. The number of hydrogen-bond acceptors (Lipinski definition) is 4. The smallest absolute Gasteiger partial charge is 0.274 e. The monoisotopic (exact) mass is 313 g/mol. The second-order valence-corrected chi connectivity index (χ2v) is 5.02. The molecule has 0 atom stereocenters. The van der Waals surface area contributed by atoms with Crippen LogP contribution in [0.2, 0.25) is 5.02 Å². The summed E-state index contributed by atoms with van der Waals surface area (Å²) in [4.78, 5) is 20.3. The number of aromatic nitrogens is 2. The van der Waals surface area contributed by atoms with Crippen LogP contribution in [-0.4, -0.2) is 15.9 Å². The third-order valence-electron chi connectivity index (χ3n) is 3.05. The van der Waals surface area contributed by atoms with Gasteiger partial charge in [-0.3, -0.25) is 9.78 Å². The Morgan fingerprint density at radius 1 is 1.27 bits per heavy atom. The Balaban J connectivity index is 1.78. The number of nitrogens with one attached hydrogen (secondary N) is 1. The minimum atomic E-state index is -0.312. The average molecular weight is 314 g/mol. The van der Waals surface area contributed by atoms with Crippen LogP contribution in [0.25, 0.3) is 11.3 Å². The van der Waals surface area contributed by atoms with Gasteiger partial charge in [0.25, 0.3) is 5.91 Å². The lowest BCUT2D eigenvalue weighted by molar-refractivity contribution is 0.0946. The number of carbonyl (C=O) groups is 1. The van der Waals surface area contributed by atoms with Gasteiger partial charge >= 0.3 is 0 Å². The molecule has 0 bridgehead atoms. The van der Waals surface area contributed by atoms with Crippen molar-refractivity contribution in [3.63, 3.8) is 0 Å². The van der Waals surface area contributed by atoms with Gasteiger partial charge in [-0.15, -0.1) is 0 Å². The highest BCUT2D eigenvalue weighted by molar-refractivity contribution is 6.30. The van der Waals surface area contributed by atoms with Crippen molar-refractivity contribution in [3.05, 3.63) is 71.5 Å². The van der Waals surface area contributed by atoms with Crippen LogP contribution in [0.3, 0.4) is 0 Å². The molecule has 0 aliphatic rings. The van der Waals surface area contributed by atoms with Crippen molar-refractivity contribution in [2.75, 3.05) is 0 Å². The third kappa shape index (κ3) is 3.15. The van der Waals surface area contributed by atoms with Gasteiger partial charge in [0.05, 0.1) is 0 Å². The minimum Gasteiger partial charge on any atom is -0.443 e. The third-order valence-corrected chi connectivity index (χ3v) is 3.28. The van der Waals surface area contributed by atoms with Crippen LogP contribution in [-0.2, 0) is 6.54 Å². The van der Waals surface area contributed by atoms with Gasteiger partial charge in [-0.05, 0) is 23.8 Å². The molecule has 2 heterocycles. The Morgan fingerprint density at radius 3 is 2.95 bits per heavy atom. The number of carbonyl (C=O) groups excluding carboxylic acids is 1. The average Bonchev–Trinajstić information content (AvgIpc) is 3.03. The maximum Gasteiger partial charge on any atom is 0.274 e. The number of oxazole rings is 1. The Bertz CT molecular complexity index is 787. The van der Waals surface area contributed by atoms with Crippen molar-refractivity contribution >= 4 is 17.5 Å². The van der Waals surface area contributed by atoms with Gasteiger partial charge in [-0.2, -0.15) is 0 Å². The van der Waals surface area contributed by atoms with E-state index in [1.165, 1.54) is 6.39 Å². The summed E-state index contributed by atoms with van der Waals surface area (Å²) >= 11 is 5.97. The van der Waals surface area contributed by atoms with Crippen LogP contribution >= 0.6 is 11.6 Å². The molecule has 2 aromatic heterocycles. The second-order valence-electron chi connectivity index (χ2n) is 4.58. The molecule has 1 N–H and O–H groups in total. The zero-order valence-corrected chi connectivity index (χ0v) is 12.2. The Hall–Kier alpha value is -2.66. The molecule has 0 radical (unpaired) electrons. The highest BCUT2D eigenvalue weighted by Crippen LogP contribution is 2.25. The molecule has 0 aliphatic heterocycles. The predicted molar refractivity (Wildman–Crippen MR) is 82.4 cm³/mol. The summed E-state index contributed by atoms with van der Waals surface area (Å²) in [5, 5.41) is 3.36. The fourth-order valence-electron chi connectivity index (χ4n) is 2.01. The first-order chi connectivity index (χ1) is 10.7. The zero-order chi connectivity index (χ0) is 15.4. The van der Waals surface area contributed by atoms with Crippen molar-refractivity contribution in [1.82, 2.24) is 15.3 Å². The van der Waals surface area contributed by atoms with E-state index in [-0.39, 0.29) is 11.6 Å². The van der Waals surface area contributed by atoms with Gasteiger partial charge in [-0.25, -0.2) is 4.98 Å². The quantitative estimate of drug-likeness (QED) is 0.802. The normalized spacial score (nSPS) is 10.4. The molecule has 0 unspecified atom stereocenters. The zero-order valence-electron chi connectivity index (χ0n) is 11.5. The fraction of sp³-hybridized carbons (Fsp3) is 0.0625. The number of rotatable bonds is 4. The lowest BCUT2D eigenvalue weighted by Gasteiger charge is -2.04. The first-order valence-corrected chi connectivity index (χ1v) is 6.98. The molecule has 110 valence electrons. The van der Waals surface area contributed by atoms with E-state index in [0.717, 1.165) is 5.56 Å². The topological polar surface area (TPSA) is 68.0 Å². The first-order valence-electron chi connectivity index (χ1n) is 6.60. The SMILES string of the molecule is O=C(NCc1cccnc1)c1ncoc1-c1cccc(Cl)c1. The van der Waals surface area contributed by atoms with Crippen molar-refractivity contribution in [3.8, 4) is 11.3 Å². The van der Waals surface area contributed by atoms with Crippen LogP contribution in [0.4, 0.5) is 0 Å². The maximum atomic E-state index is 12.3. The number of halogens is 1.